The van der Waals surface area contributed by atoms with E-state index in [2.05, 4.69) is 11.3 Å². The van der Waals surface area contributed by atoms with Crippen molar-refractivity contribution in [2.45, 2.75) is 38.0 Å². The zero-order valence-corrected chi connectivity index (χ0v) is 12.2. The van der Waals surface area contributed by atoms with Gasteiger partial charge < -0.3 is 0 Å². The molecule has 2 atom stereocenters. The molecule has 2 nitrogen and oxygen atoms in total. The third-order valence-corrected chi connectivity index (χ3v) is 4.15. The van der Waals surface area contributed by atoms with Crippen molar-refractivity contribution in [2.75, 3.05) is 0 Å². The highest BCUT2D eigenvalue weighted by molar-refractivity contribution is 7.84. The van der Waals surface area contributed by atoms with Gasteiger partial charge in [-0.1, -0.05) is 6.08 Å². The standard InChI is InChI=1S/C14H19F2NOS/c1-5-6-13(17-19(18)14(2,3)4)11-9-10(15)7-8-12(11)16/h5,7-9,13,17H,1,6H2,2-4H3. The Morgan fingerprint density at radius 1 is 1.42 bits per heavy atom. The van der Waals surface area contributed by atoms with Gasteiger partial charge in [-0.05, 0) is 45.4 Å². The van der Waals surface area contributed by atoms with Gasteiger partial charge in [-0.3, -0.25) is 0 Å². The van der Waals surface area contributed by atoms with E-state index in [9.17, 15) is 13.0 Å². The molecule has 1 rings (SSSR count). The van der Waals surface area contributed by atoms with Crippen LogP contribution in [0.1, 0.15) is 38.8 Å². The van der Waals surface area contributed by atoms with Crippen LogP contribution in [-0.2, 0) is 11.0 Å². The molecular formula is C14H19F2NOS. The van der Waals surface area contributed by atoms with Crippen LogP contribution >= 0.6 is 0 Å². The summed E-state index contributed by atoms with van der Waals surface area (Å²) in [5, 5.41) is 0. The molecule has 106 valence electrons. The Balaban J connectivity index is 3.04. The van der Waals surface area contributed by atoms with Crippen molar-refractivity contribution in [1.29, 1.82) is 0 Å². The first-order chi connectivity index (χ1) is 8.75. The molecule has 0 aromatic heterocycles. The minimum Gasteiger partial charge on any atom is -0.242 e. The molecule has 0 bridgehead atoms. The smallest absolute Gasteiger partial charge is 0.128 e. The molecule has 1 aromatic carbocycles. The van der Waals surface area contributed by atoms with E-state index in [0.29, 0.717) is 6.42 Å². The van der Waals surface area contributed by atoms with E-state index in [1.54, 1.807) is 6.08 Å². The SMILES string of the molecule is C=CCC(NS(=O)C(C)(C)C)c1cc(F)ccc1F. The van der Waals surface area contributed by atoms with E-state index >= 15 is 0 Å². The molecule has 0 saturated heterocycles. The summed E-state index contributed by atoms with van der Waals surface area (Å²) in [4.78, 5) is 0. The first-order valence-electron chi connectivity index (χ1n) is 5.99. The first kappa shape index (κ1) is 16.0. The number of hydrogen-bond acceptors (Lipinski definition) is 1. The summed E-state index contributed by atoms with van der Waals surface area (Å²) in [6, 6.07) is 2.69. The van der Waals surface area contributed by atoms with Crippen LogP contribution in [0.15, 0.2) is 30.9 Å². The minimum absolute atomic E-state index is 0.164. The number of rotatable bonds is 5. The zero-order valence-electron chi connectivity index (χ0n) is 11.4. The summed E-state index contributed by atoms with van der Waals surface area (Å²) in [6.45, 7) is 9.02. The van der Waals surface area contributed by atoms with Gasteiger partial charge in [0.25, 0.3) is 0 Å². The molecule has 0 amide bonds. The summed E-state index contributed by atoms with van der Waals surface area (Å²) in [5.41, 5.74) is 0.164. The Morgan fingerprint density at radius 2 is 2.05 bits per heavy atom. The Bertz CT molecular complexity index is 483. The van der Waals surface area contributed by atoms with Gasteiger partial charge in [0, 0.05) is 5.56 Å². The van der Waals surface area contributed by atoms with Gasteiger partial charge >= 0.3 is 0 Å². The van der Waals surface area contributed by atoms with Crippen LogP contribution in [0.25, 0.3) is 0 Å². The van der Waals surface area contributed by atoms with Crippen molar-refractivity contribution in [3.05, 3.63) is 48.1 Å². The average Bonchev–Trinajstić information content (AvgIpc) is 2.30. The zero-order chi connectivity index (χ0) is 14.6. The van der Waals surface area contributed by atoms with Crippen LogP contribution in [0.5, 0.6) is 0 Å². The maximum atomic E-state index is 13.8. The molecule has 0 spiro atoms. The van der Waals surface area contributed by atoms with Gasteiger partial charge in [0.2, 0.25) is 0 Å². The number of nitrogens with one attached hydrogen (secondary N) is 1. The fourth-order valence-corrected chi connectivity index (χ4v) is 2.33. The van der Waals surface area contributed by atoms with Crippen LogP contribution in [-0.4, -0.2) is 8.96 Å². The second kappa shape index (κ2) is 6.39. The summed E-state index contributed by atoms with van der Waals surface area (Å²) >= 11 is 0. The van der Waals surface area contributed by atoms with Crippen LogP contribution in [0.3, 0.4) is 0 Å². The summed E-state index contributed by atoms with van der Waals surface area (Å²) in [6.07, 6.45) is 1.95. The Morgan fingerprint density at radius 3 is 2.58 bits per heavy atom. The molecule has 0 aliphatic carbocycles. The van der Waals surface area contributed by atoms with Crippen molar-refractivity contribution in [2.24, 2.45) is 0 Å². The highest BCUT2D eigenvalue weighted by atomic mass is 32.2. The van der Waals surface area contributed by atoms with Crippen molar-refractivity contribution >= 4 is 11.0 Å². The van der Waals surface area contributed by atoms with Crippen molar-refractivity contribution in [1.82, 2.24) is 4.72 Å². The van der Waals surface area contributed by atoms with Crippen LogP contribution < -0.4 is 4.72 Å². The fraction of sp³-hybridized carbons (Fsp3) is 0.429. The topological polar surface area (TPSA) is 29.1 Å². The molecule has 0 fully saturated rings. The molecule has 0 heterocycles. The highest BCUT2D eigenvalue weighted by Crippen LogP contribution is 2.24. The predicted molar refractivity (Wildman–Crippen MR) is 74.9 cm³/mol. The third-order valence-electron chi connectivity index (χ3n) is 2.54. The molecule has 0 radical (unpaired) electrons. The predicted octanol–water partition coefficient (Wildman–Crippen LogP) is 3.63. The molecule has 5 heteroatoms. The monoisotopic (exact) mass is 287 g/mol. The van der Waals surface area contributed by atoms with E-state index in [-0.39, 0.29) is 5.56 Å². The van der Waals surface area contributed by atoms with E-state index in [1.165, 1.54) is 0 Å². The second-order valence-electron chi connectivity index (χ2n) is 5.24. The van der Waals surface area contributed by atoms with Crippen LogP contribution in [0.4, 0.5) is 8.78 Å². The molecule has 2 unspecified atom stereocenters. The van der Waals surface area contributed by atoms with E-state index in [0.717, 1.165) is 18.2 Å². The summed E-state index contributed by atoms with van der Waals surface area (Å²) in [5.74, 6) is -1.04. The van der Waals surface area contributed by atoms with Gasteiger partial charge in [-0.2, -0.15) is 0 Å². The van der Waals surface area contributed by atoms with Crippen molar-refractivity contribution in [3.63, 3.8) is 0 Å². The van der Waals surface area contributed by atoms with E-state index in [4.69, 9.17) is 0 Å². The molecule has 0 saturated carbocycles. The molecule has 0 aliphatic rings. The van der Waals surface area contributed by atoms with Gasteiger partial charge in [-0.25, -0.2) is 17.7 Å². The van der Waals surface area contributed by atoms with Gasteiger partial charge in [0.1, 0.15) is 11.6 Å². The lowest BCUT2D eigenvalue weighted by Gasteiger charge is -2.24. The number of hydrogen-bond donors (Lipinski definition) is 1. The highest BCUT2D eigenvalue weighted by Gasteiger charge is 2.24. The Hall–Kier alpha value is -1.07. The lowest BCUT2D eigenvalue weighted by Crippen LogP contribution is -2.36. The van der Waals surface area contributed by atoms with E-state index in [1.807, 2.05) is 20.8 Å². The second-order valence-corrected chi connectivity index (χ2v) is 7.24. The van der Waals surface area contributed by atoms with Gasteiger partial charge in [-0.15, -0.1) is 6.58 Å². The summed E-state index contributed by atoms with van der Waals surface area (Å²) in [7, 11) is -1.37. The Labute approximate surface area is 115 Å². The molecule has 19 heavy (non-hydrogen) atoms. The largest absolute Gasteiger partial charge is 0.242 e. The number of halogens is 2. The molecular weight excluding hydrogens is 268 g/mol. The summed E-state index contributed by atoms with van der Waals surface area (Å²) < 4.78 is 41.4. The fourth-order valence-electron chi connectivity index (χ4n) is 1.49. The average molecular weight is 287 g/mol. The van der Waals surface area contributed by atoms with Crippen molar-refractivity contribution in [3.8, 4) is 0 Å². The maximum Gasteiger partial charge on any atom is 0.128 e. The normalized spacial score (nSPS) is 15.0. The number of benzene rings is 1. The van der Waals surface area contributed by atoms with Crippen LogP contribution in [0.2, 0.25) is 0 Å². The minimum atomic E-state index is -1.37. The first-order valence-corrected chi connectivity index (χ1v) is 7.14. The molecule has 1 N–H and O–H groups in total. The molecule has 1 aromatic rings. The maximum absolute atomic E-state index is 13.8. The van der Waals surface area contributed by atoms with Crippen LogP contribution in [0, 0.1) is 11.6 Å². The van der Waals surface area contributed by atoms with Crippen molar-refractivity contribution < 1.29 is 13.0 Å². The van der Waals surface area contributed by atoms with E-state index < -0.39 is 33.4 Å². The lowest BCUT2D eigenvalue weighted by atomic mass is 10.0. The Kier molecular flexibility index (Phi) is 5.38. The molecule has 0 aliphatic heterocycles. The van der Waals surface area contributed by atoms with Gasteiger partial charge in [0.15, 0.2) is 0 Å². The van der Waals surface area contributed by atoms with Gasteiger partial charge in [0.05, 0.1) is 21.8 Å². The quantitative estimate of drug-likeness (QED) is 0.823. The lowest BCUT2D eigenvalue weighted by molar-refractivity contribution is 0.543. The third kappa shape index (κ3) is 4.51.